The summed E-state index contributed by atoms with van der Waals surface area (Å²) in [6.07, 6.45) is 0. The fourth-order valence-electron chi connectivity index (χ4n) is 0.930. The summed E-state index contributed by atoms with van der Waals surface area (Å²) in [7, 11) is 0. The molecule has 0 saturated heterocycles. The Labute approximate surface area is 155 Å². The second-order valence-electron chi connectivity index (χ2n) is 2.99. The normalized spacial score (nSPS) is 9.41. The summed E-state index contributed by atoms with van der Waals surface area (Å²) in [5.74, 6) is 0.322. The molecule has 2 rings (SSSR count). The molecule has 0 aliphatic heterocycles. The van der Waals surface area contributed by atoms with Gasteiger partial charge in [-0.2, -0.15) is 0 Å². The number of para-hydroxylation sites is 1. The molecule has 0 radical (unpaired) electrons. The van der Waals surface area contributed by atoms with Crippen molar-refractivity contribution in [3.63, 3.8) is 0 Å². The molecule has 0 fully saturated rings. The maximum Gasteiger partial charge on any atom is 0.115 e. The van der Waals surface area contributed by atoms with Gasteiger partial charge in [-0.3, -0.25) is 0 Å². The van der Waals surface area contributed by atoms with Gasteiger partial charge < -0.3 is 5.11 Å². The molecule has 17 heavy (non-hydrogen) atoms. The third-order valence-electron chi connectivity index (χ3n) is 1.74. The molecule has 0 aliphatic rings. The van der Waals surface area contributed by atoms with Crippen molar-refractivity contribution in [1.82, 2.24) is 0 Å². The molecule has 0 unspecified atom stereocenters. The molecule has 2 aromatic carbocycles. The number of benzene rings is 2. The molecule has 0 heterocycles. The summed E-state index contributed by atoms with van der Waals surface area (Å²) >= 11 is 9.45. The van der Waals surface area contributed by atoms with E-state index in [9.17, 15) is 0 Å². The van der Waals surface area contributed by atoms with Gasteiger partial charge in [0.2, 0.25) is 0 Å². The van der Waals surface area contributed by atoms with Crippen LogP contribution >= 0.6 is 90.4 Å². The molecule has 5 heteroatoms. The average molecular weight is 676 g/mol. The number of phenols is 1. The van der Waals surface area contributed by atoms with E-state index >= 15 is 0 Å². The van der Waals surface area contributed by atoms with E-state index in [1.54, 1.807) is 24.3 Å². The summed E-state index contributed by atoms with van der Waals surface area (Å²) in [4.78, 5) is 0. The average Bonchev–Trinajstić information content (AvgIpc) is 2.33. The first kappa shape index (κ1) is 16.2. The molecule has 1 N–H and O–H groups in total. The van der Waals surface area contributed by atoms with Crippen molar-refractivity contribution in [3.05, 3.63) is 56.7 Å². The summed E-state index contributed by atoms with van der Waals surface area (Å²) in [5.41, 5.74) is 0. The standard InChI is InChI=1S/C6H2I4.C6H6O/c7-3-1-2-4(8)6(10)5(3)9;7-6-4-2-1-3-5-6/h1-2H;1-5,7H. The smallest absolute Gasteiger partial charge is 0.115 e. The Kier molecular flexibility index (Phi) is 7.97. The van der Waals surface area contributed by atoms with E-state index in [1.807, 2.05) is 6.07 Å². The minimum absolute atomic E-state index is 0.322. The van der Waals surface area contributed by atoms with Crippen LogP contribution in [0.25, 0.3) is 0 Å². The molecular formula is C12H8I4O. The lowest BCUT2D eigenvalue weighted by atomic mass is 10.3. The number of rotatable bonds is 0. The molecule has 0 aliphatic carbocycles. The van der Waals surface area contributed by atoms with E-state index in [2.05, 4.69) is 102 Å². The van der Waals surface area contributed by atoms with Gasteiger partial charge in [0.25, 0.3) is 0 Å². The zero-order valence-corrected chi connectivity index (χ0v) is 17.1. The van der Waals surface area contributed by atoms with Gasteiger partial charge in [-0.25, -0.2) is 0 Å². The molecule has 0 bridgehead atoms. The van der Waals surface area contributed by atoms with Crippen molar-refractivity contribution < 1.29 is 5.11 Å². The second kappa shape index (κ2) is 8.35. The van der Waals surface area contributed by atoms with E-state index in [4.69, 9.17) is 5.11 Å². The maximum atomic E-state index is 8.63. The first-order valence-electron chi connectivity index (χ1n) is 4.55. The molecule has 0 saturated carbocycles. The van der Waals surface area contributed by atoms with Gasteiger partial charge in [-0.15, -0.1) is 0 Å². The molecule has 1 nitrogen and oxygen atoms in total. The molecule has 0 aromatic heterocycles. The fraction of sp³-hybridized carbons (Fsp3) is 0. The van der Waals surface area contributed by atoms with Crippen LogP contribution in [0.4, 0.5) is 0 Å². The van der Waals surface area contributed by atoms with Crippen molar-refractivity contribution in [1.29, 1.82) is 0 Å². The highest BCUT2D eigenvalue weighted by molar-refractivity contribution is 14.1. The van der Waals surface area contributed by atoms with Gasteiger partial charge in [-0.1, -0.05) is 18.2 Å². The van der Waals surface area contributed by atoms with Crippen LogP contribution in [0.5, 0.6) is 5.75 Å². The van der Waals surface area contributed by atoms with E-state index < -0.39 is 0 Å². The van der Waals surface area contributed by atoms with Crippen molar-refractivity contribution in [2.75, 3.05) is 0 Å². The highest BCUT2D eigenvalue weighted by Crippen LogP contribution is 2.25. The van der Waals surface area contributed by atoms with Gasteiger partial charge in [0.1, 0.15) is 5.75 Å². The Morgan fingerprint density at radius 2 is 1.06 bits per heavy atom. The van der Waals surface area contributed by atoms with Gasteiger partial charge in [0.05, 0.1) is 0 Å². The third-order valence-corrected chi connectivity index (χ3v) is 8.88. The Morgan fingerprint density at radius 3 is 1.35 bits per heavy atom. The topological polar surface area (TPSA) is 20.2 Å². The van der Waals surface area contributed by atoms with Crippen LogP contribution in [-0.4, -0.2) is 5.11 Å². The molecule has 2 aromatic rings. The van der Waals surface area contributed by atoms with Gasteiger partial charge in [0, 0.05) is 14.3 Å². The van der Waals surface area contributed by atoms with Crippen molar-refractivity contribution in [2.45, 2.75) is 0 Å². The maximum absolute atomic E-state index is 8.63. The first-order chi connectivity index (χ1) is 8.02. The predicted molar refractivity (Wildman–Crippen MR) is 105 cm³/mol. The van der Waals surface area contributed by atoms with Crippen LogP contribution < -0.4 is 0 Å². The third kappa shape index (κ3) is 5.76. The van der Waals surface area contributed by atoms with E-state index in [1.165, 1.54) is 14.3 Å². The second-order valence-corrected chi connectivity index (χ2v) is 7.47. The Bertz CT molecular complexity index is 458. The van der Waals surface area contributed by atoms with Crippen LogP contribution in [0.15, 0.2) is 42.5 Å². The minimum Gasteiger partial charge on any atom is -0.508 e. The zero-order chi connectivity index (χ0) is 12.8. The summed E-state index contributed by atoms with van der Waals surface area (Å²) < 4.78 is 5.41. The van der Waals surface area contributed by atoms with Crippen LogP contribution in [-0.2, 0) is 0 Å². The SMILES string of the molecule is Ic1ccc(I)c(I)c1I.Oc1ccccc1. The highest BCUT2D eigenvalue weighted by Gasteiger charge is 2.03. The number of hydrogen-bond acceptors (Lipinski definition) is 1. The Hall–Kier alpha value is 1.16. The Balaban J connectivity index is 0.000000181. The van der Waals surface area contributed by atoms with E-state index in [-0.39, 0.29) is 0 Å². The molecule has 90 valence electrons. The fourth-order valence-corrected chi connectivity index (χ4v) is 3.80. The highest BCUT2D eigenvalue weighted by atomic mass is 127. The van der Waals surface area contributed by atoms with Crippen LogP contribution in [0, 0.1) is 14.3 Å². The number of hydrogen-bond donors (Lipinski definition) is 1. The summed E-state index contributed by atoms with van der Waals surface area (Å²) in [6.45, 7) is 0. The van der Waals surface area contributed by atoms with Crippen LogP contribution in [0.1, 0.15) is 0 Å². The lowest BCUT2D eigenvalue weighted by molar-refractivity contribution is 0.475. The van der Waals surface area contributed by atoms with Crippen molar-refractivity contribution in [2.24, 2.45) is 0 Å². The number of halogens is 4. The van der Waals surface area contributed by atoms with E-state index in [0.29, 0.717) is 5.75 Å². The van der Waals surface area contributed by atoms with Crippen LogP contribution in [0.2, 0.25) is 0 Å². The molecule has 0 atom stereocenters. The van der Waals surface area contributed by atoms with Crippen molar-refractivity contribution >= 4 is 90.4 Å². The van der Waals surface area contributed by atoms with Crippen molar-refractivity contribution in [3.8, 4) is 5.75 Å². The van der Waals surface area contributed by atoms with Gasteiger partial charge in [-0.05, 0) is 115 Å². The van der Waals surface area contributed by atoms with E-state index in [0.717, 1.165) is 0 Å². The quantitative estimate of drug-likeness (QED) is 0.223. The summed E-state index contributed by atoms with van der Waals surface area (Å²) in [5, 5.41) is 8.63. The number of phenolic OH excluding ortho intramolecular Hbond substituents is 1. The minimum atomic E-state index is 0.322. The molecular weight excluding hydrogens is 668 g/mol. The Morgan fingerprint density at radius 1 is 0.647 bits per heavy atom. The lowest BCUT2D eigenvalue weighted by Crippen LogP contribution is -1.87. The predicted octanol–water partition coefficient (Wildman–Crippen LogP) is 5.50. The number of aromatic hydroxyl groups is 1. The lowest BCUT2D eigenvalue weighted by Gasteiger charge is -2.00. The largest absolute Gasteiger partial charge is 0.508 e. The van der Waals surface area contributed by atoms with Gasteiger partial charge in [0.15, 0.2) is 0 Å². The molecule has 0 spiro atoms. The monoisotopic (exact) mass is 676 g/mol. The zero-order valence-electron chi connectivity index (χ0n) is 8.50. The summed E-state index contributed by atoms with van der Waals surface area (Å²) in [6, 6.07) is 13.0. The molecule has 0 amide bonds. The van der Waals surface area contributed by atoms with Crippen LogP contribution in [0.3, 0.4) is 0 Å². The van der Waals surface area contributed by atoms with Gasteiger partial charge >= 0.3 is 0 Å². The first-order valence-corrected chi connectivity index (χ1v) is 8.87.